The number of anilines is 1. The van der Waals surface area contributed by atoms with E-state index < -0.39 is 0 Å². The van der Waals surface area contributed by atoms with Gasteiger partial charge in [-0.25, -0.2) is 4.98 Å². The van der Waals surface area contributed by atoms with Gasteiger partial charge in [0.1, 0.15) is 11.5 Å². The summed E-state index contributed by atoms with van der Waals surface area (Å²) in [4.78, 5) is 21.1. The zero-order valence-electron chi connectivity index (χ0n) is 17.1. The third kappa shape index (κ3) is 3.87. The summed E-state index contributed by atoms with van der Waals surface area (Å²) < 4.78 is 2.07. The lowest BCUT2D eigenvalue weighted by molar-refractivity contribution is -0.134. The highest BCUT2D eigenvalue weighted by atomic mass is 35.5. The van der Waals surface area contributed by atoms with E-state index in [1.807, 2.05) is 49.3 Å². The molecule has 0 radical (unpaired) electrons. The summed E-state index contributed by atoms with van der Waals surface area (Å²) in [6, 6.07) is 7.48. The molecule has 0 aliphatic carbocycles. The van der Waals surface area contributed by atoms with Gasteiger partial charge in [0, 0.05) is 66.0 Å². The van der Waals surface area contributed by atoms with E-state index in [4.69, 9.17) is 28.9 Å². The van der Waals surface area contributed by atoms with Gasteiger partial charge in [-0.15, -0.1) is 0 Å². The fourth-order valence-electron chi connectivity index (χ4n) is 3.92. The Balaban J connectivity index is 1.69. The lowest BCUT2D eigenvalue weighted by Crippen LogP contribution is -2.50. The van der Waals surface area contributed by atoms with Crippen molar-refractivity contribution >= 4 is 40.6 Å². The third-order valence-electron chi connectivity index (χ3n) is 5.56. The van der Waals surface area contributed by atoms with Gasteiger partial charge in [-0.3, -0.25) is 9.20 Å². The maximum absolute atomic E-state index is 12.3. The van der Waals surface area contributed by atoms with Crippen LogP contribution in [-0.2, 0) is 11.3 Å². The van der Waals surface area contributed by atoms with Crippen molar-refractivity contribution in [3.63, 3.8) is 0 Å². The number of nitrogens with zero attached hydrogens (tertiary/aromatic N) is 4. The Morgan fingerprint density at radius 3 is 2.50 bits per heavy atom. The number of pyridine rings is 1. The first-order valence-electron chi connectivity index (χ1n) is 10.1. The van der Waals surface area contributed by atoms with E-state index in [0.29, 0.717) is 29.7 Å². The van der Waals surface area contributed by atoms with E-state index in [1.165, 1.54) is 0 Å². The number of rotatable bonds is 4. The van der Waals surface area contributed by atoms with Crippen molar-refractivity contribution in [2.75, 3.05) is 31.1 Å². The van der Waals surface area contributed by atoms with Crippen LogP contribution in [0.3, 0.4) is 0 Å². The Morgan fingerprint density at radius 1 is 1.13 bits per heavy atom. The van der Waals surface area contributed by atoms with Crippen molar-refractivity contribution in [1.29, 1.82) is 0 Å². The van der Waals surface area contributed by atoms with Crippen molar-refractivity contribution in [1.82, 2.24) is 14.3 Å². The molecular formula is C22H25Cl2N5O. The second kappa shape index (κ2) is 8.46. The largest absolute Gasteiger partial charge is 0.353 e. The molecule has 1 aliphatic rings. The van der Waals surface area contributed by atoms with Gasteiger partial charge in [0.25, 0.3) is 0 Å². The number of benzene rings is 1. The number of halogens is 2. The highest BCUT2D eigenvalue weighted by Gasteiger charge is 2.24. The van der Waals surface area contributed by atoms with Gasteiger partial charge in [-0.2, -0.15) is 0 Å². The Morgan fingerprint density at radius 2 is 1.87 bits per heavy atom. The summed E-state index contributed by atoms with van der Waals surface area (Å²) >= 11 is 12.6. The van der Waals surface area contributed by atoms with E-state index >= 15 is 0 Å². The number of amides is 1. The summed E-state index contributed by atoms with van der Waals surface area (Å²) in [6.45, 7) is 7.21. The number of carbonyl (C=O) groups excluding carboxylic acids is 1. The molecule has 2 N–H and O–H groups in total. The minimum Gasteiger partial charge on any atom is -0.353 e. The van der Waals surface area contributed by atoms with Crippen LogP contribution < -0.4 is 10.6 Å². The van der Waals surface area contributed by atoms with Crippen LogP contribution in [0.4, 0.5) is 5.82 Å². The van der Waals surface area contributed by atoms with Crippen LogP contribution in [0.1, 0.15) is 19.4 Å². The molecule has 0 atom stereocenters. The highest BCUT2D eigenvalue weighted by Crippen LogP contribution is 2.34. The van der Waals surface area contributed by atoms with Crippen LogP contribution in [0.2, 0.25) is 10.0 Å². The van der Waals surface area contributed by atoms with Gasteiger partial charge >= 0.3 is 0 Å². The average Bonchev–Trinajstić information content (AvgIpc) is 3.15. The molecule has 1 saturated heterocycles. The molecule has 8 heteroatoms. The Kier molecular flexibility index (Phi) is 5.91. The molecule has 1 amide bonds. The molecule has 6 nitrogen and oxygen atoms in total. The van der Waals surface area contributed by atoms with E-state index in [-0.39, 0.29) is 11.8 Å². The Labute approximate surface area is 186 Å². The number of piperazine rings is 1. The molecule has 30 heavy (non-hydrogen) atoms. The molecule has 1 aliphatic heterocycles. The molecule has 1 aromatic carbocycles. The third-order valence-corrected chi connectivity index (χ3v) is 6.11. The molecule has 0 bridgehead atoms. The number of imidazole rings is 1. The number of nitrogens with two attached hydrogens (primary N) is 1. The van der Waals surface area contributed by atoms with Crippen LogP contribution in [0.5, 0.6) is 0 Å². The molecule has 3 heterocycles. The lowest BCUT2D eigenvalue weighted by Gasteiger charge is -2.36. The minimum absolute atomic E-state index is 0.0220. The monoisotopic (exact) mass is 445 g/mol. The topological polar surface area (TPSA) is 66.9 Å². The smallest absolute Gasteiger partial charge is 0.225 e. The normalized spacial score (nSPS) is 14.7. The molecule has 0 unspecified atom stereocenters. The van der Waals surface area contributed by atoms with Crippen molar-refractivity contribution in [2.45, 2.75) is 20.4 Å². The van der Waals surface area contributed by atoms with Crippen LogP contribution >= 0.6 is 23.2 Å². The molecule has 4 rings (SSSR count). The van der Waals surface area contributed by atoms with E-state index in [2.05, 4.69) is 14.3 Å². The minimum atomic E-state index is 0.0220. The molecular weight excluding hydrogens is 421 g/mol. The summed E-state index contributed by atoms with van der Waals surface area (Å²) in [5, 5.41) is 1.18. The van der Waals surface area contributed by atoms with E-state index in [1.54, 1.807) is 6.07 Å². The maximum Gasteiger partial charge on any atom is 0.225 e. The summed E-state index contributed by atoms with van der Waals surface area (Å²) in [5.41, 5.74) is 9.67. The van der Waals surface area contributed by atoms with Gasteiger partial charge in [-0.05, 0) is 23.8 Å². The number of hydrogen-bond donors (Lipinski definition) is 1. The molecule has 158 valence electrons. The molecule has 0 saturated carbocycles. The zero-order valence-corrected chi connectivity index (χ0v) is 18.6. The van der Waals surface area contributed by atoms with Gasteiger partial charge in [0.15, 0.2) is 0 Å². The Hall–Kier alpha value is -2.28. The number of carbonyl (C=O) groups is 1. The van der Waals surface area contributed by atoms with Crippen LogP contribution in [0.15, 0.2) is 36.7 Å². The summed E-state index contributed by atoms with van der Waals surface area (Å²) in [7, 11) is 0. The first kappa shape index (κ1) is 21.0. The van der Waals surface area contributed by atoms with Crippen molar-refractivity contribution in [3.05, 3.63) is 52.3 Å². The van der Waals surface area contributed by atoms with Crippen molar-refractivity contribution in [2.24, 2.45) is 11.7 Å². The second-order valence-corrected chi connectivity index (χ2v) is 8.70. The number of hydrogen-bond acceptors (Lipinski definition) is 4. The predicted molar refractivity (Wildman–Crippen MR) is 122 cm³/mol. The van der Waals surface area contributed by atoms with Crippen molar-refractivity contribution < 1.29 is 4.79 Å². The molecule has 2 aromatic heterocycles. The van der Waals surface area contributed by atoms with Crippen LogP contribution in [0.25, 0.3) is 16.8 Å². The molecule has 3 aromatic rings. The standard InChI is InChI=1S/C22H25Cl2N5O/c1-14(2)22(30)28-7-5-27(6-8-28)21-12-26-20-9-15(11-25)18(13-29(20)21)17-4-3-16(23)10-19(17)24/h3-4,9-10,12-14H,5-8,11,25H2,1-2H3. The second-order valence-electron chi connectivity index (χ2n) is 7.85. The lowest BCUT2D eigenvalue weighted by atomic mass is 10.0. The Bertz CT molecular complexity index is 1090. The molecule has 1 fully saturated rings. The fourth-order valence-corrected chi connectivity index (χ4v) is 4.44. The van der Waals surface area contributed by atoms with Crippen LogP contribution in [-0.4, -0.2) is 46.4 Å². The quantitative estimate of drug-likeness (QED) is 0.656. The van der Waals surface area contributed by atoms with E-state index in [9.17, 15) is 4.79 Å². The van der Waals surface area contributed by atoms with Gasteiger partial charge in [0.05, 0.1) is 6.20 Å². The summed E-state index contributed by atoms with van der Waals surface area (Å²) in [6.07, 6.45) is 3.92. The molecule has 0 spiro atoms. The van der Waals surface area contributed by atoms with Gasteiger partial charge in [-0.1, -0.05) is 43.1 Å². The van der Waals surface area contributed by atoms with E-state index in [0.717, 1.165) is 41.2 Å². The SMILES string of the molecule is CC(C)C(=O)N1CCN(c2cnc3cc(CN)c(-c4ccc(Cl)cc4Cl)cn23)CC1. The summed E-state index contributed by atoms with van der Waals surface area (Å²) in [5.74, 6) is 1.23. The average molecular weight is 446 g/mol. The predicted octanol–water partition coefficient (Wildman–Crippen LogP) is 4.07. The first-order chi connectivity index (χ1) is 14.4. The fraction of sp³-hybridized carbons (Fsp3) is 0.364. The van der Waals surface area contributed by atoms with Crippen molar-refractivity contribution in [3.8, 4) is 11.1 Å². The maximum atomic E-state index is 12.3. The highest BCUT2D eigenvalue weighted by molar-refractivity contribution is 6.36. The van der Waals surface area contributed by atoms with Gasteiger partial charge < -0.3 is 15.5 Å². The number of fused-ring (bicyclic) bond motifs is 1. The number of aromatic nitrogens is 2. The zero-order chi connectivity index (χ0) is 21.4. The van der Waals surface area contributed by atoms with Gasteiger partial charge in [0.2, 0.25) is 5.91 Å². The first-order valence-corrected chi connectivity index (χ1v) is 10.8. The van der Waals surface area contributed by atoms with Crippen LogP contribution in [0, 0.1) is 5.92 Å².